The van der Waals surface area contributed by atoms with E-state index in [1.807, 2.05) is 0 Å². The lowest BCUT2D eigenvalue weighted by atomic mass is 10.1. The second-order valence-electron chi connectivity index (χ2n) is 5.11. The van der Waals surface area contributed by atoms with Gasteiger partial charge in [0.1, 0.15) is 9.84 Å². The number of rotatable bonds is 2. The van der Waals surface area contributed by atoms with Crippen molar-refractivity contribution in [1.29, 1.82) is 0 Å². The first kappa shape index (κ1) is 12.9. The zero-order valence-corrected chi connectivity index (χ0v) is 12.4. The van der Waals surface area contributed by atoms with Crippen LogP contribution in [0, 0.1) is 0 Å². The maximum absolute atomic E-state index is 11.4. The van der Waals surface area contributed by atoms with Crippen molar-refractivity contribution in [2.24, 2.45) is 0 Å². The van der Waals surface area contributed by atoms with E-state index in [9.17, 15) is 8.42 Å². The number of nitrogens with one attached hydrogen (secondary N) is 1. The van der Waals surface area contributed by atoms with Gasteiger partial charge in [0.25, 0.3) is 0 Å². The molecular formula is C12H16ClNO2S2. The predicted molar refractivity (Wildman–Crippen MR) is 75.2 cm³/mol. The molecule has 1 saturated heterocycles. The Labute approximate surface area is 116 Å². The Balaban J connectivity index is 1.65. The molecule has 0 amide bonds. The van der Waals surface area contributed by atoms with Crippen molar-refractivity contribution in [3.8, 4) is 0 Å². The quantitative estimate of drug-likeness (QED) is 0.913. The van der Waals surface area contributed by atoms with Crippen LogP contribution in [0.25, 0.3) is 0 Å². The van der Waals surface area contributed by atoms with E-state index < -0.39 is 9.84 Å². The molecule has 1 aliphatic carbocycles. The summed E-state index contributed by atoms with van der Waals surface area (Å²) in [7, 11) is -2.76. The third-order valence-corrected chi connectivity index (χ3v) is 6.89. The molecule has 3 rings (SSSR count). The molecular weight excluding hydrogens is 290 g/mol. The maximum Gasteiger partial charge on any atom is 0.150 e. The molecule has 1 atom stereocenters. The van der Waals surface area contributed by atoms with Gasteiger partial charge in [-0.1, -0.05) is 11.6 Å². The second-order valence-corrected chi connectivity index (χ2v) is 9.18. The van der Waals surface area contributed by atoms with Crippen LogP contribution in [-0.2, 0) is 16.3 Å². The highest BCUT2D eigenvalue weighted by Crippen LogP contribution is 2.39. The molecule has 0 radical (unpaired) electrons. The van der Waals surface area contributed by atoms with Gasteiger partial charge in [-0.3, -0.25) is 0 Å². The lowest BCUT2D eigenvalue weighted by molar-refractivity contribution is 0.403. The molecule has 1 fully saturated rings. The highest BCUT2D eigenvalue weighted by molar-refractivity contribution is 7.91. The number of hydrogen-bond acceptors (Lipinski definition) is 4. The first-order valence-electron chi connectivity index (χ1n) is 6.28. The predicted octanol–water partition coefficient (Wildman–Crippen LogP) is 2.56. The third-order valence-electron chi connectivity index (χ3n) is 3.84. The molecule has 1 aliphatic heterocycles. The Hall–Kier alpha value is -0.100. The summed E-state index contributed by atoms with van der Waals surface area (Å²) >= 11 is 7.71. The Morgan fingerprint density at radius 2 is 2.00 bits per heavy atom. The van der Waals surface area contributed by atoms with Crippen molar-refractivity contribution >= 4 is 32.8 Å². The van der Waals surface area contributed by atoms with Crippen molar-refractivity contribution in [2.45, 2.75) is 37.8 Å². The van der Waals surface area contributed by atoms with Gasteiger partial charge in [0.2, 0.25) is 0 Å². The van der Waals surface area contributed by atoms with Gasteiger partial charge in [-0.05, 0) is 37.3 Å². The van der Waals surface area contributed by atoms with Crippen LogP contribution in [0.4, 0.5) is 0 Å². The van der Waals surface area contributed by atoms with Crippen molar-refractivity contribution in [2.75, 3.05) is 11.5 Å². The van der Waals surface area contributed by atoms with Gasteiger partial charge in [0.15, 0.2) is 0 Å². The molecule has 6 heteroatoms. The highest BCUT2D eigenvalue weighted by Gasteiger charge is 2.29. The van der Waals surface area contributed by atoms with Crippen molar-refractivity contribution < 1.29 is 8.42 Å². The van der Waals surface area contributed by atoms with Gasteiger partial charge in [-0.15, -0.1) is 11.3 Å². The minimum absolute atomic E-state index is 0.328. The number of aryl methyl sites for hydroxylation is 1. The summed E-state index contributed by atoms with van der Waals surface area (Å²) < 4.78 is 23.6. The van der Waals surface area contributed by atoms with Crippen molar-refractivity contribution in [3.05, 3.63) is 20.8 Å². The van der Waals surface area contributed by atoms with Gasteiger partial charge >= 0.3 is 0 Å². The normalized spacial score (nSPS) is 27.3. The van der Waals surface area contributed by atoms with E-state index in [1.54, 1.807) is 11.3 Å². The number of halogens is 1. The summed E-state index contributed by atoms with van der Waals surface area (Å²) in [6.45, 7) is 0. The number of thiophene rings is 1. The van der Waals surface area contributed by atoms with E-state index in [-0.39, 0.29) is 0 Å². The molecule has 3 nitrogen and oxygen atoms in total. The SMILES string of the molecule is O=S1(=O)CCC(NC2CCc3sc(Cl)cc32)CC1. The van der Waals surface area contributed by atoms with Gasteiger partial charge in [-0.2, -0.15) is 0 Å². The van der Waals surface area contributed by atoms with Crippen LogP contribution in [0.3, 0.4) is 0 Å². The first-order chi connectivity index (χ1) is 8.53. The minimum atomic E-state index is -2.76. The molecule has 1 N–H and O–H groups in total. The third kappa shape index (κ3) is 2.59. The molecule has 100 valence electrons. The minimum Gasteiger partial charge on any atom is -0.307 e. The topological polar surface area (TPSA) is 46.2 Å². The summed E-state index contributed by atoms with van der Waals surface area (Å²) in [5.41, 5.74) is 1.33. The fraction of sp³-hybridized carbons (Fsp3) is 0.667. The highest BCUT2D eigenvalue weighted by atomic mass is 35.5. The summed E-state index contributed by atoms with van der Waals surface area (Å²) in [5, 5.41) is 3.61. The molecule has 0 saturated carbocycles. The Morgan fingerprint density at radius 1 is 1.28 bits per heavy atom. The number of sulfone groups is 1. The van der Waals surface area contributed by atoms with Gasteiger partial charge in [0, 0.05) is 17.0 Å². The van der Waals surface area contributed by atoms with Crippen LogP contribution in [0.1, 0.15) is 35.7 Å². The Kier molecular flexibility index (Phi) is 3.43. The molecule has 0 spiro atoms. The lowest BCUT2D eigenvalue weighted by Gasteiger charge is -2.26. The summed E-state index contributed by atoms with van der Waals surface area (Å²) in [6, 6.07) is 2.77. The van der Waals surface area contributed by atoms with E-state index in [1.165, 1.54) is 10.4 Å². The maximum atomic E-state index is 11.4. The molecule has 2 aliphatic rings. The van der Waals surface area contributed by atoms with Crippen molar-refractivity contribution in [1.82, 2.24) is 5.32 Å². The van der Waals surface area contributed by atoms with Crippen LogP contribution in [0.15, 0.2) is 6.07 Å². The zero-order valence-electron chi connectivity index (χ0n) is 9.99. The molecule has 1 aromatic heterocycles. The van der Waals surface area contributed by atoms with Crippen LogP contribution in [0.2, 0.25) is 4.34 Å². The molecule has 18 heavy (non-hydrogen) atoms. The largest absolute Gasteiger partial charge is 0.307 e. The van der Waals surface area contributed by atoms with Gasteiger partial charge in [-0.25, -0.2) is 8.42 Å². The fourth-order valence-corrected chi connectivity index (χ4v) is 5.69. The van der Waals surface area contributed by atoms with Crippen molar-refractivity contribution in [3.63, 3.8) is 0 Å². The van der Waals surface area contributed by atoms with Crippen LogP contribution in [-0.4, -0.2) is 26.0 Å². The number of hydrogen-bond donors (Lipinski definition) is 1. The van der Waals surface area contributed by atoms with Gasteiger partial charge in [0.05, 0.1) is 15.8 Å². The van der Waals surface area contributed by atoms with E-state index in [0.29, 0.717) is 23.6 Å². The molecule has 2 heterocycles. The lowest BCUT2D eigenvalue weighted by Crippen LogP contribution is -2.38. The average molecular weight is 306 g/mol. The summed E-state index contributed by atoms with van der Waals surface area (Å²) in [5.74, 6) is 0.656. The smallest absolute Gasteiger partial charge is 0.150 e. The fourth-order valence-electron chi connectivity index (χ4n) is 2.84. The first-order valence-corrected chi connectivity index (χ1v) is 9.30. The Bertz CT molecular complexity index is 538. The molecule has 1 unspecified atom stereocenters. The summed E-state index contributed by atoms with van der Waals surface area (Å²) in [6.07, 6.45) is 3.69. The van der Waals surface area contributed by atoms with E-state index in [0.717, 1.165) is 30.0 Å². The summed E-state index contributed by atoms with van der Waals surface area (Å²) in [4.78, 5) is 1.39. The average Bonchev–Trinajstić information content (AvgIpc) is 2.82. The Morgan fingerprint density at radius 3 is 2.72 bits per heavy atom. The van der Waals surface area contributed by atoms with E-state index in [4.69, 9.17) is 11.6 Å². The van der Waals surface area contributed by atoms with E-state index in [2.05, 4.69) is 11.4 Å². The second kappa shape index (κ2) is 4.78. The molecule has 1 aromatic rings. The van der Waals surface area contributed by atoms with E-state index >= 15 is 0 Å². The van der Waals surface area contributed by atoms with Crippen LogP contribution in [0.5, 0.6) is 0 Å². The van der Waals surface area contributed by atoms with Gasteiger partial charge < -0.3 is 5.32 Å². The molecule has 0 aromatic carbocycles. The standard InChI is InChI=1S/C12H16ClNO2S2/c13-12-7-9-10(1-2-11(9)17-12)14-8-3-5-18(15,16)6-4-8/h7-8,10,14H,1-6H2. The zero-order chi connectivity index (χ0) is 12.8. The molecule has 0 bridgehead atoms. The van der Waals surface area contributed by atoms with Crippen LogP contribution >= 0.6 is 22.9 Å². The monoisotopic (exact) mass is 305 g/mol. The van der Waals surface area contributed by atoms with Crippen LogP contribution < -0.4 is 5.32 Å². The number of fused-ring (bicyclic) bond motifs is 1.